The molecule has 2 atom stereocenters. The third-order valence-corrected chi connectivity index (χ3v) is 5.74. The maximum Gasteiger partial charge on any atom is 0.224 e. The summed E-state index contributed by atoms with van der Waals surface area (Å²) >= 11 is 1.86. The number of amides is 1. The Hall–Kier alpha value is -0.910. The maximum atomic E-state index is 12.5. The normalized spacial score (nSPS) is 28.0. The van der Waals surface area contributed by atoms with Crippen molar-refractivity contribution in [1.29, 1.82) is 0 Å². The first-order chi connectivity index (χ1) is 10.7. The van der Waals surface area contributed by atoms with Crippen molar-refractivity contribution in [3.63, 3.8) is 0 Å². The second-order valence-corrected chi connectivity index (χ2v) is 7.72. The monoisotopic (exact) mass is 322 g/mol. The van der Waals surface area contributed by atoms with E-state index in [1.54, 1.807) is 0 Å². The molecule has 1 saturated carbocycles. The largest absolute Gasteiger partial charge is 0.378 e. The molecule has 1 saturated heterocycles. The predicted molar refractivity (Wildman–Crippen MR) is 89.0 cm³/mol. The van der Waals surface area contributed by atoms with Crippen molar-refractivity contribution in [3.8, 4) is 0 Å². The van der Waals surface area contributed by atoms with Gasteiger partial charge in [0.15, 0.2) is 0 Å². The SMILES string of the molecule is Cc1ccc(CN2CCOCCNC(=O)C3CCCCC32)s1. The van der Waals surface area contributed by atoms with Crippen LogP contribution in [0.3, 0.4) is 0 Å². The molecule has 3 rings (SSSR count). The summed E-state index contributed by atoms with van der Waals surface area (Å²) < 4.78 is 5.66. The number of hydrogen-bond acceptors (Lipinski definition) is 4. The first kappa shape index (κ1) is 16.0. The Balaban J connectivity index is 1.77. The van der Waals surface area contributed by atoms with Crippen LogP contribution in [0.1, 0.15) is 35.4 Å². The fourth-order valence-electron chi connectivity index (χ4n) is 3.65. The van der Waals surface area contributed by atoms with Crippen molar-refractivity contribution in [2.24, 2.45) is 5.92 Å². The third-order valence-electron chi connectivity index (χ3n) is 4.76. The molecule has 22 heavy (non-hydrogen) atoms. The molecule has 2 aliphatic rings. The average Bonchev–Trinajstić information content (AvgIpc) is 2.94. The van der Waals surface area contributed by atoms with Crippen LogP contribution in [0.2, 0.25) is 0 Å². The van der Waals surface area contributed by atoms with E-state index in [0.29, 0.717) is 19.2 Å². The highest BCUT2D eigenvalue weighted by Gasteiger charge is 2.35. The van der Waals surface area contributed by atoms with E-state index in [1.807, 2.05) is 11.3 Å². The molecule has 0 bridgehead atoms. The van der Waals surface area contributed by atoms with Crippen molar-refractivity contribution in [1.82, 2.24) is 10.2 Å². The minimum Gasteiger partial charge on any atom is -0.378 e. The lowest BCUT2D eigenvalue weighted by molar-refractivity contribution is -0.129. The summed E-state index contributed by atoms with van der Waals surface area (Å²) in [5.74, 6) is 0.371. The fourth-order valence-corrected chi connectivity index (χ4v) is 4.56. The molecular formula is C17H26N2O2S. The van der Waals surface area contributed by atoms with Gasteiger partial charge >= 0.3 is 0 Å². The van der Waals surface area contributed by atoms with E-state index in [9.17, 15) is 4.79 Å². The summed E-state index contributed by atoms with van der Waals surface area (Å²) in [4.78, 5) is 17.7. The second kappa shape index (κ2) is 7.57. The summed E-state index contributed by atoms with van der Waals surface area (Å²) in [6.07, 6.45) is 4.56. The predicted octanol–water partition coefficient (Wildman–Crippen LogP) is 2.56. The number of aryl methyl sites for hydroxylation is 1. The molecule has 2 heterocycles. The summed E-state index contributed by atoms with van der Waals surface area (Å²) in [5.41, 5.74) is 0. The van der Waals surface area contributed by atoms with Gasteiger partial charge in [-0.2, -0.15) is 0 Å². The minimum atomic E-state index is 0.146. The van der Waals surface area contributed by atoms with Crippen LogP contribution >= 0.6 is 11.3 Å². The van der Waals surface area contributed by atoms with Gasteiger partial charge in [-0.1, -0.05) is 12.8 Å². The van der Waals surface area contributed by atoms with Crippen LogP contribution in [0.15, 0.2) is 12.1 Å². The van der Waals surface area contributed by atoms with Gasteiger partial charge in [-0.15, -0.1) is 11.3 Å². The number of rotatable bonds is 2. The highest BCUT2D eigenvalue weighted by Crippen LogP contribution is 2.31. The second-order valence-electron chi connectivity index (χ2n) is 6.34. The zero-order valence-corrected chi connectivity index (χ0v) is 14.2. The molecule has 1 aliphatic carbocycles. The molecule has 0 spiro atoms. The Morgan fingerprint density at radius 3 is 3.00 bits per heavy atom. The van der Waals surface area contributed by atoms with Gasteiger partial charge in [0.25, 0.3) is 0 Å². The number of carbonyl (C=O) groups excluding carboxylic acids is 1. The first-order valence-electron chi connectivity index (χ1n) is 8.39. The molecule has 2 fully saturated rings. The molecule has 1 N–H and O–H groups in total. The van der Waals surface area contributed by atoms with Gasteiger partial charge in [0.2, 0.25) is 5.91 Å². The van der Waals surface area contributed by atoms with Crippen molar-refractivity contribution >= 4 is 17.2 Å². The van der Waals surface area contributed by atoms with E-state index in [2.05, 4.69) is 29.3 Å². The van der Waals surface area contributed by atoms with Gasteiger partial charge in [0, 0.05) is 35.4 Å². The van der Waals surface area contributed by atoms with Crippen molar-refractivity contribution in [2.75, 3.05) is 26.3 Å². The van der Waals surface area contributed by atoms with Crippen LogP contribution in [0.5, 0.6) is 0 Å². The Morgan fingerprint density at radius 1 is 1.32 bits per heavy atom. The first-order valence-corrected chi connectivity index (χ1v) is 9.20. The standard InChI is InChI=1S/C17H26N2O2S/c1-13-6-7-14(22-13)12-19-9-11-21-10-8-18-17(20)15-4-2-3-5-16(15)19/h6-7,15-16H,2-5,8-12H2,1H3,(H,18,20). The molecule has 122 valence electrons. The summed E-state index contributed by atoms with van der Waals surface area (Å²) in [5, 5.41) is 3.05. The molecule has 0 radical (unpaired) electrons. The lowest BCUT2D eigenvalue weighted by atomic mass is 9.82. The zero-order chi connectivity index (χ0) is 15.4. The van der Waals surface area contributed by atoms with Gasteiger partial charge in [0.05, 0.1) is 19.1 Å². The molecule has 2 unspecified atom stereocenters. The maximum absolute atomic E-state index is 12.5. The minimum absolute atomic E-state index is 0.146. The van der Waals surface area contributed by atoms with Crippen LogP contribution in [0, 0.1) is 12.8 Å². The Bertz CT molecular complexity index is 503. The molecular weight excluding hydrogens is 296 g/mol. The number of fused-ring (bicyclic) bond motifs is 1. The number of thiophene rings is 1. The van der Waals surface area contributed by atoms with Gasteiger partial charge in [-0.05, 0) is 31.9 Å². The Labute approximate surface area is 136 Å². The van der Waals surface area contributed by atoms with E-state index in [-0.39, 0.29) is 11.8 Å². The smallest absolute Gasteiger partial charge is 0.224 e. The number of nitrogens with one attached hydrogen (secondary N) is 1. The summed E-state index contributed by atoms with van der Waals surface area (Å²) in [6, 6.07) is 4.76. The van der Waals surface area contributed by atoms with E-state index in [0.717, 1.165) is 32.5 Å². The van der Waals surface area contributed by atoms with Crippen molar-refractivity contribution in [2.45, 2.75) is 45.2 Å². The molecule has 1 aromatic rings. The van der Waals surface area contributed by atoms with Crippen LogP contribution in [0.4, 0.5) is 0 Å². The van der Waals surface area contributed by atoms with Gasteiger partial charge in [-0.25, -0.2) is 0 Å². The Kier molecular flexibility index (Phi) is 5.50. The fraction of sp³-hybridized carbons (Fsp3) is 0.706. The van der Waals surface area contributed by atoms with Crippen molar-refractivity contribution in [3.05, 3.63) is 21.9 Å². The molecule has 0 aromatic carbocycles. The molecule has 1 aliphatic heterocycles. The van der Waals surface area contributed by atoms with Crippen LogP contribution in [-0.4, -0.2) is 43.2 Å². The highest BCUT2D eigenvalue weighted by molar-refractivity contribution is 7.11. The zero-order valence-electron chi connectivity index (χ0n) is 13.3. The van der Waals surface area contributed by atoms with Crippen LogP contribution in [0.25, 0.3) is 0 Å². The molecule has 1 aromatic heterocycles. The quantitative estimate of drug-likeness (QED) is 0.910. The van der Waals surface area contributed by atoms with E-state index < -0.39 is 0 Å². The van der Waals surface area contributed by atoms with Gasteiger partial charge in [0.1, 0.15) is 0 Å². The highest BCUT2D eigenvalue weighted by atomic mass is 32.1. The van der Waals surface area contributed by atoms with E-state index in [4.69, 9.17) is 4.74 Å². The third kappa shape index (κ3) is 3.89. The number of carbonyl (C=O) groups is 1. The Morgan fingerprint density at radius 2 is 2.18 bits per heavy atom. The van der Waals surface area contributed by atoms with Crippen LogP contribution in [-0.2, 0) is 16.1 Å². The number of hydrogen-bond donors (Lipinski definition) is 1. The summed E-state index contributed by atoms with van der Waals surface area (Å²) in [6.45, 7) is 6.03. The molecule has 4 nitrogen and oxygen atoms in total. The lowest BCUT2D eigenvalue weighted by Crippen LogP contribution is -2.50. The average molecular weight is 322 g/mol. The molecule has 1 amide bonds. The summed E-state index contributed by atoms with van der Waals surface area (Å²) in [7, 11) is 0. The van der Waals surface area contributed by atoms with E-state index in [1.165, 1.54) is 22.6 Å². The lowest BCUT2D eigenvalue weighted by Gasteiger charge is -2.39. The van der Waals surface area contributed by atoms with Crippen molar-refractivity contribution < 1.29 is 9.53 Å². The van der Waals surface area contributed by atoms with Gasteiger partial charge in [-0.3, -0.25) is 9.69 Å². The van der Waals surface area contributed by atoms with Gasteiger partial charge < -0.3 is 10.1 Å². The topological polar surface area (TPSA) is 41.6 Å². The molecule has 5 heteroatoms. The van der Waals surface area contributed by atoms with E-state index >= 15 is 0 Å². The number of nitrogens with zero attached hydrogens (tertiary/aromatic N) is 1. The van der Waals surface area contributed by atoms with Crippen LogP contribution < -0.4 is 5.32 Å². The number of ether oxygens (including phenoxy) is 1.